The number of ether oxygens (including phenoxy) is 1. The molecular weight excluding hydrogens is 410 g/mol. The first-order valence-electron chi connectivity index (χ1n) is 7.00. The number of imide groups is 1. The zero-order valence-electron chi connectivity index (χ0n) is 12.5. The number of benzene rings is 2. The Morgan fingerprint density at radius 1 is 0.920 bits per heavy atom. The van der Waals surface area contributed by atoms with Gasteiger partial charge < -0.3 is 4.74 Å². The van der Waals surface area contributed by atoms with Crippen LogP contribution in [-0.2, 0) is 4.74 Å². The highest BCUT2D eigenvalue weighted by Gasteiger charge is 2.34. The molecule has 3 rings (SSSR count). The van der Waals surface area contributed by atoms with Gasteiger partial charge in [0.15, 0.2) is 0 Å². The monoisotopic (exact) mass is 418 g/mol. The maximum absolute atomic E-state index is 12.7. The highest BCUT2D eigenvalue weighted by Crippen LogP contribution is 2.30. The maximum atomic E-state index is 12.7. The molecule has 130 valence electrons. The van der Waals surface area contributed by atoms with Gasteiger partial charge in [-0.15, -0.1) is 0 Å². The van der Waals surface area contributed by atoms with Crippen molar-refractivity contribution in [2.45, 2.75) is 0 Å². The molecule has 0 aliphatic carbocycles. The lowest BCUT2D eigenvalue weighted by molar-refractivity contribution is 0.0222. The van der Waals surface area contributed by atoms with E-state index in [-0.39, 0.29) is 34.1 Å². The van der Waals surface area contributed by atoms with E-state index in [1.165, 1.54) is 23.1 Å². The van der Waals surface area contributed by atoms with E-state index in [9.17, 15) is 9.59 Å². The smallest absolute Gasteiger partial charge is 0.335 e. The fraction of sp³-hybridized carbons (Fsp3) is 0.125. The number of carbonyl (C=O) groups excluding carboxylic acids is 2. The van der Waals surface area contributed by atoms with Gasteiger partial charge in [-0.1, -0.05) is 52.5 Å². The second-order valence-electron chi connectivity index (χ2n) is 5.10. The third-order valence-electron chi connectivity index (χ3n) is 3.54. The first-order valence-corrected chi connectivity index (χ1v) is 8.51. The predicted octanol–water partition coefficient (Wildman–Crippen LogP) is 5.31. The number of halogens is 4. The van der Waals surface area contributed by atoms with E-state index in [0.29, 0.717) is 10.7 Å². The molecule has 9 heteroatoms. The van der Waals surface area contributed by atoms with E-state index in [1.807, 2.05) is 0 Å². The molecule has 0 N–H and O–H groups in total. The Morgan fingerprint density at radius 3 is 2.24 bits per heavy atom. The second kappa shape index (κ2) is 7.40. The number of carbonyl (C=O) groups is 2. The van der Waals surface area contributed by atoms with Crippen molar-refractivity contribution in [3.05, 3.63) is 62.1 Å². The molecule has 25 heavy (non-hydrogen) atoms. The molecule has 1 fully saturated rings. The Labute approximate surface area is 163 Å². The number of amides is 3. The van der Waals surface area contributed by atoms with Crippen molar-refractivity contribution in [3.8, 4) is 0 Å². The van der Waals surface area contributed by atoms with E-state index < -0.39 is 11.9 Å². The summed E-state index contributed by atoms with van der Waals surface area (Å²) in [6.45, 7) is -0.242. The fourth-order valence-corrected chi connectivity index (χ4v) is 3.15. The number of anilines is 1. The molecule has 1 heterocycles. The summed E-state index contributed by atoms with van der Waals surface area (Å²) in [5, 5.41) is 0.935. The van der Waals surface area contributed by atoms with Crippen LogP contribution >= 0.6 is 46.4 Å². The van der Waals surface area contributed by atoms with Crippen LogP contribution < -0.4 is 4.90 Å². The lowest BCUT2D eigenvalue weighted by Crippen LogP contribution is -2.53. The van der Waals surface area contributed by atoms with Gasteiger partial charge in [0.2, 0.25) is 0 Å². The summed E-state index contributed by atoms with van der Waals surface area (Å²) in [5.74, 6) is -0.648. The van der Waals surface area contributed by atoms with Crippen LogP contribution in [0.25, 0.3) is 0 Å². The minimum atomic E-state index is -0.648. The lowest BCUT2D eigenvalue weighted by Gasteiger charge is -2.34. The number of rotatable bonds is 2. The van der Waals surface area contributed by atoms with Crippen LogP contribution in [0.3, 0.4) is 0 Å². The summed E-state index contributed by atoms with van der Waals surface area (Å²) >= 11 is 24.0. The van der Waals surface area contributed by atoms with E-state index in [2.05, 4.69) is 0 Å². The summed E-state index contributed by atoms with van der Waals surface area (Å²) in [5.41, 5.74) is 0.487. The van der Waals surface area contributed by atoms with E-state index in [4.69, 9.17) is 51.1 Å². The SMILES string of the molecule is O=C(c1c(Cl)cccc1Cl)N1COCN(c2ccc(Cl)c(Cl)c2)C1=O. The van der Waals surface area contributed by atoms with Gasteiger partial charge in [-0.2, -0.15) is 0 Å². The zero-order valence-corrected chi connectivity index (χ0v) is 15.5. The highest BCUT2D eigenvalue weighted by molar-refractivity contribution is 6.42. The number of hydrogen-bond donors (Lipinski definition) is 0. The average Bonchev–Trinajstić information content (AvgIpc) is 2.57. The van der Waals surface area contributed by atoms with Gasteiger partial charge in [0, 0.05) is 5.69 Å². The molecule has 0 aromatic heterocycles. The van der Waals surface area contributed by atoms with Gasteiger partial charge in [0.25, 0.3) is 5.91 Å². The average molecular weight is 420 g/mol. The minimum absolute atomic E-state index is 0.0309. The molecule has 1 aliphatic heterocycles. The summed E-state index contributed by atoms with van der Waals surface area (Å²) in [4.78, 5) is 27.7. The zero-order chi connectivity index (χ0) is 18.1. The van der Waals surface area contributed by atoms with Crippen molar-refractivity contribution in [1.82, 2.24) is 4.90 Å². The molecular formula is C16H10Cl4N2O3. The summed E-state index contributed by atoms with van der Waals surface area (Å²) < 4.78 is 5.36. The summed E-state index contributed by atoms with van der Waals surface area (Å²) in [6, 6.07) is 8.74. The molecule has 0 radical (unpaired) electrons. The van der Waals surface area contributed by atoms with Crippen molar-refractivity contribution < 1.29 is 14.3 Å². The van der Waals surface area contributed by atoms with Gasteiger partial charge in [-0.25, -0.2) is 9.69 Å². The quantitative estimate of drug-likeness (QED) is 0.662. The highest BCUT2D eigenvalue weighted by atomic mass is 35.5. The van der Waals surface area contributed by atoms with Crippen molar-refractivity contribution in [2.24, 2.45) is 0 Å². The molecule has 1 aliphatic rings. The van der Waals surface area contributed by atoms with Crippen molar-refractivity contribution >= 4 is 64.0 Å². The standard InChI is InChI=1S/C16H10Cl4N2O3/c17-10-5-4-9(6-13(10)20)21-7-25-8-22(16(21)24)15(23)14-11(18)2-1-3-12(14)19/h1-6H,7-8H2. The van der Waals surface area contributed by atoms with Crippen LogP contribution in [0.1, 0.15) is 10.4 Å². The summed E-state index contributed by atoms with van der Waals surface area (Å²) in [7, 11) is 0. The van der Waals surface area contributed by atoms with E-state index in [1.54, 1.807) is 18.2 Å². The molecule has 0 bridgehead atoms. The molecule has 0 atom stereocenters. The van der Waals surface area contributed by atoms with Crippen LogP contribution in [-0.4, -0.2) is 30.3 Å². The number of urea groups is 1. The van der Waals surface area contributed by atoms with E-state index in [0.717, 1.165) is 4.90 Å². The first-order chi connectivity index (χ1) is 11.9. The van der Waals surface area contributed by atoms with Gasteiger partial charge in [-0.3, -0.25) is 9.69 Å². The molecule has 0 saturated carbocycles. The molecule has 3 amide bonds. The molecule has 0 unspecified atom stereocenters. The first kappa shape index (κ1) is 18.3. The maximum Gasteiger partial charge on any atom is 0.335 e. The minimum Gasteiger partial charge on any atom is -0.340 e. The summed E-state index contributed by atoms with van der Waals surface area (Å²) in [6.07, 6.45) is 0. The van der Waals surface area contributed by atoms with Gasteiger partial charge in [-0.05, 0) is 30.3 Å². The normalized spacial score (nSPS) is 14.8. The third-order valence-corrected chi connectivity index (χ3v) is 4.91. The second-order valence-corrected chi connectivity index (χ2v) is 6.73. The van der Waals surface area contributed by atoms with Crippen LogP contribution in [0.15, 0.2) is 36.4 Å². The molecule has 0 spiro atoms. The Kier molecular flexibility index (Phi) is 5.41. The lowest BCUT2D eigenvalue weighted by atomic mass is 10.2. The number of hydrogen-bond acceptors (Lipinski definition) is 3. The van der Waals surface area contributed by atoms with Crippen molar-refractivity contribution in [2.75, 3.05) is 18.4 Å². The fourth-order valence-electron chi connectivity index (χ4n) is 2.30. The largest absolute Gasteiger partial charge is 0.340 e. The van der Waals surface area contributed by atoms with Crippen molar-refractivity contribution in [1.29, 1.82) is 0 Å². The van der Waals surface area contributed by atoms with Crippen molar-refractivity contribution in [3.63, 3.8) is 0 Å². The third kappa shape index (κ3) is 3.57. The van der Waals surface area contributed by atoms with E-state index >= 15 is 0 Å². The predicted molar refractivity (Wildman–Crippen MR) is 97.8 cm³/mol. The van der Waals surface area contributed by atoms with Gasteiger partial charge in [0.05, 0.1) is 25.7 Å². The Hall–Kier alpha value is -1.50. The van der Waals surface area contributed by atoms with Crippen LogP contribution in [0.2, 0.25) is 20.1 Å². The Morgan fingerprint density at radius 2 is 1.60 bits per heavy atom. The Balaban J connectivity index is 1.92. The van der Waals surface area contributed by atoms with Crippen LogP contribution in [0, 0.1) is 0 Å². The molecule has 5 nitrogen and oxygen atoms in total. The molecule has 2 aromatic carbocycles. The number of nitrogens with zero attached hydrogens (tertiary/aromatic N) is 2. The van der Waals surface area contributed by atoms with Crippen LogP contribution in [0.5, 0.6) is 0 Å². The van der Waals surface area contributed by atoms with Gasteiger partial charge in [0.1, 0.15) is 13.5 Å². The Bertz CT molecular complexity index is 839. The van der Waals surface area contributed by atoms with Gasteiger partial charge >= 0.3 is 6.03 Å². The molecule has 2 aromatic rings. The topological polar surface area (TPSA) is 49.9 Å². The van der Waals surface area contributed by atoms with Crippen LogP contribution in [0.4, 0.5) is 10.5 Å². The molecule has 1 saturated heterocycles.